The summed E-state index contributed by atoms with van der Waals surface area (Å²) in [6, 6.07) is 23.8. The molecule has 2 aliphatic carbocycles. The van der Waals surface area contributed by atoms with Crippen LogP contribution in [-0.4, -0.2) is 62.7 Å². The van der Waals surface area contributed by atoms with E-state index in [1.807, 2.05) is 6.92 Å². The standard InChI is InChI=1S/C31H31Cl2FN2O6S.C9H10FNO2S/c1-2-23(18-35-43(40,41)31(14-15-31)24-8-3-4-9-25(24)34)36-28(19-10-12-21(32)13-11-19)29(20-6-5-7-22(33)16-20)42-26(30(36)39)17-27(37)38;10-8-3-1-2-4-9(8)11-14(12,13)7-5-6-7/h3-13,16,23,26,28-29,35H,2,14-15,17-18H2,1H3,(H,37,38);1-4,7,11H,5-6H2/t23-,26+,28+,29+;/m0./s1. The molecule has 0 radical (unpaired) electrons. The summed E-state index contributed by atoms with van der Waals surface area (Å²) in [6.07, 6.45) is -0.549. The van der Waals surface area contributed by atoms with Gasteiger partial charge in [-0.1, -0.05) is 84.7 Å². The molecule has 11 nitrogen and oxygen atoms in total. The SMILES string of the molecule is CC[C@@H](CNS(=O)(=O)C1(c2ccccc2F)CC1)N1C(=O)[C@@H](CC(=O)O)O[C@H](c2cccc(Cl)c2)[C@H]1c1ccc(Cl)cc1.O=S(=O)(Nc1ccccc1F)C1CC1. The molecule has 7 rings (SSSR count). The fourth-order valence-corrected chi connectivity index (χ4v) is 10.5. The summed E-state index contributed by atoms with van der Waals surface area (Å²) in [6.45, 7) is 1.64. The maximum Gasteiger partial charge on any atom is 0.306 e. The number of rotatable bonds is 14. The molecule has 0 bridgehead atoms. The normalized spacial score (nSPS) is 20.9. The smallest absolute Gasteiger partial charge is 0.306 e. The van der Waals surface area contributed by atoms with Crippen LogP contribution in [0.3, 0.4) is 0 Å². The van der Waals surface area contributed by atoms with Crippen LogP contribution in [0.2, 0.25) is 10.0 Å². The number of anilines is 1. The molecule has 3 N–H and O–H groups in total. The Bertz CT molecular complexity index is 2330. The quantitative estimate of drug-likeness (QED) is 0.116. The molecule has 3 fully saturated rings. The number of nitrogens with one attached hydrogen (secondary N) is 2. The van der Waals surface area contributed by atoms with Crippen molar-refractivity contribution in [3.05, 3.63) is 135 Å². The maximum absolute atomic E-state index is 14.7. The van der Waals surface area contributed by atoms with Gasteiger partial charge in [0.05, 0.1) is 23.4 Å². The maximum atomic E-state index is 14.7. The highest BCUT2D eigenvalue weighted by atomic mass is 35.5. The molecule has 0 aromatic heterocycles. The first-order chi connectivity index (χ1) is 27.1. The van der Waals surface area contributed by atoms with E-state index < -0.39 is 79.0 Å². The van der Waals surface area contributed by atoms with E-state index in [1.165, 1.54) is 41.3 Å². The van der Waals surface area contributed by atoms with Crippen LogP contribution in [0, 0.1) is 11.6 Å². The molecule has 2 saturated carbocycles. The van der Waals surface area contributed by atoms with Crippen LogP contribution in [-0.2, 0) is 39.1 Å². The van der Waals surface area contributed by atoms with Crippen molar-refractivity contribution in [2.24, 2.45) is 0 Å². The molecule has 0 spiro atoms. The van der Waals surface area contributed by atoms with E-state index in [1.54, 1.807) is 60.7 Å². The van der Waals surface area contributed by atoms with Crippen LogP contribution in [0.15, 0.2) is 97.1 Å². The van der Waals surface area contributed by atoms with Crippen LogP contribution in [0.4, 0.5) is 14.5 Å². The van der Waals surface area contributed by atoms with E-state index >= 15 is 0 Å². The van der Waals surface area contributed by atoms with Crippen molar-refractivity contribution in [1.82, 2.24) is 9.62 Å². The number of carboxylic acids is 1. The molecule has 4 aromatic rings. The average molecular weight is 865 g/mol. The molecule has 57 heavy (non-hydrogen) atoms. The molecular weight excluding hydrogens is 823 g/mol. The van der Waals surface area contributed by atoms with Gasteiger partial charge in [0.25, 0.3) is 5.91 Å². The van der Waals surface area contributed by atoms with Crippen LogP contribution >= 0.6 is 23.2 Å². The summed E-state index contributed by atoms with van der Waals surface area (Å²) < 4.78 is 87.7. The second kappa shape index (κ2) is 17.4. The minimum Gasteiger partial charge on any atom is -0.481 e. The molecule has 4 aromatic carbocycles. The molecular formula is C40H41Cl2F2N3O8S2. The lowest BCUT2D eigenvalue weighted by Crippen LogP contribution is -2.57. The molecule has 1 heterocycles. The van der Waals surface area contributed by atoms with Gasteiger partial charge in [-0.25, -0.2) is 30.3 Å². The van der Waals surface area contributed by atoms with Crippen molar-refractivity contribution in [3.63, 3.8) is 0 Å². The molecule has 17 heteroatoms. The predicted molar refractivity (Wildman–Crippen MR) is 213 cm³/mol. The third kappa shape index (κ3) is 9.61. The first kappa shape index (κ1) is 42.5. The topological polar surface area (TPSA) is 159 Å². The number of carbonyl (C=O) groups is 2. The van der Waals surface area contributed by atoms with E-state index in [9.17, 15) is 40.3 Å². The van der Waals surface area contributed by atoms with E-state index in [2.05, 4.69) is 9.44 Å². The van der Waals surface area contributed by atoms with Gasteiger partial charge in [0.1, 0.15) is 28.6 Å². The third-order valence-corrected chi connectivity index (χ3v) is 14.8. The first-order valence-corrected chi connectivity index (χ1v) is 22.1. The number of benzene rings is 4. The van der Waals surface area contributed by atoms with Gasteiger partial charge >= 0.3 is 5.97 Å². The summed E-state index contributed by atoms with van der Waals surface area (Å²) in [7, 11) is -7.42. The van der Waals surface area contributed by atoms with Crippen molar-refractivity contribution in [1.29, 1.82) is 0 Å². The largest absolute Gasteiger partial charge is 0.481 e. The number of carboxylic acid groups (broad SMARTS) is 1. The van der Waals surface area contributed by atoms with Crippen LogP contribution in [0.25, 0.3) is 0 Å². The fraction of sp³-hybridized carbons (Fsp3) is 0.350. The Morgan fingerprint density at radius 2 is 1.54 bits per heavy atom. The van der Waals surface area contributed by atoms with Crippen LogP contribution in [0.5, 0.6) is 0 Å². The minimum atomic E-state index is -4.07. The molecule has 1 amide bonds. The van der Waals surface area contributed by atoms with Crippen LogP contribution in [0.1, 0.15) is 74.3 Å². The number of amides is 1. The Kier molecular flexibility index (Phi) is 13.0. The lowest BCUT2D eigenvalue weighted by molar-refractivity contribution is -0.183. The zero-order chi connectivity index (χ0) is 41.1. The number of halogens is 4. The van der Waals surface area contributed by atoms with E-state index in [0.29, 0.717) is 40.4 Å². The summed E-state index contributed by atoms with van der Waals surface area (Å²) in [5, 5.41) is 10.2. The Hall–Kier alpha value is -4.12. The number of nitrogens with zero attached hydrogens (tertiary/aromatic N) is 1. The Morgan fingerprint density at radius 1 is 0.895 bits per heavy atom. The van der Waals surface area contributed by atoms with Gasteiger partial charge in [0, 0.05) is 28.2 Å². The zero-order valence-electron chi connectivity index (χ0n) is 30.7. The van der Waals surface area contributed by atoms with Gasteiger partial charge < -0.3 is 14.7 Å². The van der Waals surface area contributed by atoms with Crippen molar-refractivity contribution in [2.75, 3.05) is 11.3 Å². The summed E-state index contributed by atoms with van der Waals surface area (Å²) >= 11 is 12.5. The van der Waals surface area contributed by atoms with E-state index in [0.717, 1.165) is 0 Å². The molecule has 0 unspecified atom stereocenters. The number of hydrogen-bond donors (Lipinski definition) is 3. The van der Waals surface area contributed by atoms with Gasteiger partial charge in [-0.2, -0.15) is 0 Å². The molecule has 4 atom stereocenters. The Labute approximate surface area is 340 Å². The molecule has 1 saturated heterocycles. The van der Waals surface area contributed by atoms with Gasteiger partial charge in [0.2, 0.25) is 20.0 Å². The summed E-state index contributed by atoms with van der Waals surface area (Å²) in [4.78, 5) is 27.3. The summed E-state index contributed by atoms with van der Waals surface area (Å²) in [5.41, 5.74) is 1.41. The monoisotopic (exact) mass is 863 g/mol. The highest BCUT2D eigenvalue weighted by Crippen LogP contribution is 2.53. The second-order valence-electron chi connectivity index (χ2n) is 14.2. The highest BCUT2D eigenvalue weighted by molar-refractivity contribution is 7.93. The van der Waals surface area contributed by atoms with Gasteiger partial charge in [-0.3, -0.25) is 14.3 Å². The van der Waals surface area contributed by atoms with Crippen LogP contribution < -0.4 is 9.44 Å². The fourth-order valence-electron chi connectivity index (χ4n) is 6.97. The number of morpholine rings is 1. The van der Waals surface area contributed by atoms with E-state index in [-0.39, 0.29) is 35.9 Å². The lowest BCUT2D eigenvalue weighted by atomic mass is 9.89. The number of carbonyl (C=O) groups excluding carboxylic acids is 1. The minimum absolute atomic E-state index is 0.0272. The van der Waals surface area contributed by atoms with Gasteiger partial charge in [-0.05, 0) is 85.7 Å². The number of ether oxygens (including phenoxy) is 1. The van der Waals surface area contributed by atoms with Gasteiger partial charge in [0.15, 0.2) is 0 Å². The van der Waals surface area contributed by atoms with Crippen molar-refractivity contribution >= 4 is 60.8 Å². The Balaban J connectivity index is 0.000000328. The summed E-state index contributed by atoms with van der Waals surface area (Å²) in [5.74, 6) is -2.94. The van der Waals surface area contributed by atoms with Gasteiger partial charge in [-0.15, -0.1) is 0 Å². The zero-order valence-corrected chi connectivity index (χ0v) is 33.8. The number of hydrogen-bond acceptors (Lipinski definition) is 7. The number of sulfonamides is 2. The molecule has 3 aliphatic rings. The van der Waals surface area contributed by atoms with E-state index in [4.69, 9.17) is 27.9 Å². The third-order valence-electron chi connectivity index (χ3n) is 10.2. The van der Waals surface area contributed by atoms with Crippen molar-refractivity contribution in [2.45, 2.75) is 79.7 Å². The lowest BCUT2D eigenvalue weighted by Gasteiger charge is -2.48. The van der Waals surface area contributed by atoms with Crippen molar-refractivity contribution < 1.29 is 45.0 Å². The Morgan fingerprint density at radius 3 is 2.12 bits per heavy atom. The average Bonchev–Trinajstić information content (AvgIpc) is 4.09. The number of aliphatic carboxylic acids is 1. The molecule has 304 valence electrons. The first-order valence-electron chi connectivity index (χ1n) is 18.3. The predicted octanol–water partition coefficient (Wildman–Crippen LogP) is 7.73. The molecule has 1 aliphatic heterocycles. The second-order valence-corrected chi connectivity index (χ2v) is 19.1. The van der Waals surface area contributed by atoms with Crippen molar-refractivity contribution in [3.8, 4) is 0 Å². The number of para-hydroxylation sites is 1. The highest BCUT2D eigenvalue weighted by Gasteiger charge is 2.57.